The van der Waals surface area contributed by atoms with Crippen molar-refractivity contribution in [3.8, 4) is 11.5 Å². The monoisotopic (exact) mass is 555 g/mol. The van der Waals surface area contributed by atoms with Crippen LogP contribution in [0.5, 0.6) is 11.5 Å². The minimum atomic E-state index is -4.53. The second-order valence-corrected chi connectivity index (χ2v) is 11.7. The predicted molar refractivity (Wildman–Crippen MR) is 138 cm³/mol. The molecule has 1 saturated heterocycles. The number of nitrogens with zero attached hydrogens (tertiary/aromatic N) is 3. The van der Waals surface area contributed by atoms with Gasteiger partial charge in [0.25, 0.3) is 5.96 Å². The lowest BCUT2D eigenvalue weighted by atomic mass is 10.2. The second-order valence-electron chi connectivity index (χ2n) is 8.32. The van der Waals surface area contributed by atoms with E-state index in [1.54, 1.807) is 13.0 Å². The number of benzene rings is 2. The number of rotatable bonds is 11. The number of guanidine groups is 1. The van der Waals surface area contributed by atoms with E-state index in [4.69, 9.17) is 19.6 Å². The summed E-state index contributed by atoms with van der Waals surface area (Å²) in [6.45, 7) is 8.55. The van der Waals surface area contributed by atoms with Gasteiger partial charge in [0.2, 0.25) is 10.0 Å². The van der Waals surface area contributed by atoms with E-state index in [0.717, 1.165) is 13.0 Å². The number of nitrogens with one attached hydrogen (secondary N) is 1. The van der Waals surface area contributed by atoms with Crippen LogP contribution in [-0.4, -0.2) is 71.3 Å². The maximum Gasteiger partial charge on any atom is 0.340 e. The highest BCUT2D eigenvalue weighted by molar-refractivity contribution is 7.91. The summed E-state index contributed by atoms with van der Waals surface area (Å²) in [4.78, 5) is 11.6. The fourth-order valence-corrected chi connectivity index (χ4v) is 6.75. The zero-order chi connectivity index (χ0) is 27.1. The van der Waals surface area contributed by atoms with E-state index in [-0.39, 0.29) is 35.4 Å². The topological polar surface area (TPSA) is 153 Å². The molecule has 1 fully saturated rings. The first-order valence-corrected chi connectivity index (χ1v) is 14.7. The minimum Gasteiger partial charge on any atom is -0.379 e. The van der Waals surface area contributed by atoms with Crippen LogP contribution in [0.25, 0.3) is 0 Å². The van der Waals surface area contributed by atoms with E-state index in [9.17, 15) is 16.8 Å². The van der Waals surface area contributed by atoms with Gasteiger partial charge < -0.3 is 19.7 Å². The highest BCUT2D eigenvalue weighted by atomic mass is 32.2. The largest absolute Gasteiger partial charge is 0.379 e. The van der Waals surface area contributed by atoms with Gasteiger partial charge in [-0.25, -0.2) is 13.9 Å². The molecule has 0 aliphatic carbocycles. The van der Waals surface area contributed by atoms with Gasteiger partial charge in [0.15, 0.2) is 5.75 Å². The van der Waals surface area contributed by atoms with Crippen molar-refractivity contribution in [2.75, 3.05) is 39.3 Å². The lowest BCUT2D eigenvalue weighted by Crippen LogP contribution is -2.48. The third-order valence-corrected chi connectivity index (χ3v) is 8.87. The van der Waals surface area contributed by atoms with Crippen molar-refractivity contribution in [3.63, 3.8) is 0 Å². The van der Waals surface area contributed by atoms with E-state index in [1.165, 1.54) is 40.7 Å². The molecule has 14 heteroatoms. The van der Waals surface area contributed by atoms with Crippen molar-refractivity contribution in [3.05, 3.63) is 48.0 Å². The number of hydroxylamine groups is 1. The molecular formula is C23H33N5O7S2. The molecule has 0 unspecified atom stereocenters. The third kappa shape index (κ3) is 7.55. The Labute approximate surface area is 218 Å². The van der Waals surface area contributed by atoms with E-state index < -0.39 is 25.0 Å². The van der Waals surface area contributed by atoms with Gasteiger partial charge in [-0.3, -0.25) is 4.84 Å². The number of likely N-dealkylation sites (N-methyl/N-ethyl adjacent to an activating group) is 1. The Morgan fingerprint density at radius 3 is 2.30 bits per heavy atom. The Balaban J connectivity index is 1.83. The molecule has 0 saturated carbocycles. The fourth-order valence-electron chi connectivity index (χ4n) is 3.63. The van der Waals surface area contributed by atoms with Gasteiger partial charge in [0.05, 0.1) is 6.61 Å². The summed E-state index contributed by atoms with van der Waals surface area (Å²) < 4.78 is 59.9. The van der Waals surface area contributed by atoms with Gasteiger partial charge in [-0.15, -0.1) is 0 Å². The van der Waals surface area contributed by atoms with E-state index in [1.807, 2.05) is 13.8 Å². The van der Waals surface area contributed by atoms with E-state index in [0.29, 0.717) is 25.3 Å². The normalized spacial score (nSPS) is 15.9. The first-order chi connectivity index (χ1) is 17.6. The van der Waals surface area contributed by atoms with Gasteiger partial charge in [-0.1, -0.05) is 26.0 Å². The highest BCUT2D eigenvalue weighted by Crippen LogP contribution is 2.30. The number of nitrogens with two attached hydrogens (primary N) is 1. The molecular weight excluding hydrogens is 522 g/mol. The summed E-state index contributed by atoms with van der Waals surface area (Å²) in [7, 11) is -8.60. The van der Waals surface area contributed by atoms with Crippen LogP contribution in [0.2, 0.25) is 0 Å². The molecule has 0 bridgehead atoms. The quantitative estimate of drug-likeness (QED) is 0.138. The first kappa shape index (κ1) is 28.7. The number of hydrogen-bond donors (Lipinski definition) is 2. The van der Waals surface area contributed by atoms with Crippen molar-refractivity contribution >= 4 is 26.1 Å². The van der Waals surface area contributed by atoms with Crippen molar-refractivity contribution in [1.29, 1.82) is 0 Å². The van der Waals surface area contributed by atoms with Crippen molar-refractivity contribution in [2.45, 2.75) is 37.0 Å². The molecule has 1 heterocycles. The predicted octanol–water partition coefficient (Wildman–Crippen LogP) is 1.63. The fraction of sp³-hybridized carbons (Fsp3) is 0.435. The standard InChI is InChI=1S/C23H33N5O7S2/c1-4-14-33-25-23(24)26-34-19-15-18(3)16-20(17-19)35-37(31,32)22-9-7-6-8-21(22)36(29,30)28-12-10-27(5-2)11-13-28/h6-9,15-17H,4-5,10-14H2,1-3H3,(H3,24,25,26). The lowest BCUT2D eigenvalue weighted by molar-refractivity contribution is 0.0824. The minimum absolute atomic E-state index is 0.0808. The molecule has 0 aromatic heterocycles. The lowest BCUT2D eigenvalue weighted by Gasteiger charge is -2.33. The molecule has 3 N–H and O–H groups in total. The third-order valence-electron chi connectivity index (χ3n) is 5.48. The summed E-state index contributed by atoms with van der Waals surface area (Å²) >= 11 is 0. The van der Waals surface area contributed by atoms with Crippen LogP contribution < -0.4 is 20.2 Å². The number of sulfonamides is 1. The molecule has 0 spiro atoms. The summed E-state index contributed by atoms with van der Waals surface area (Å²) in [6, 6.07) is 9.78. The maximum absolute atomic E-state index is 13.4. The molecule has 0 radical (unpaired) electrons. The van der Waals surface area contributed by atoms with Crippen LogP contribution in [0.4, 0.5) is 0 Å². The summed E-state index contributed by atoms with van der Waals surface area (Å²) in [5.74, 6) is -0.0631. The smallest absolute Gasteiger partial charge is 0.340 e. The summed E-state index contributed by atoms with van der Waals surface area (Å²) in [6.07, 6.45) is 0.772. The molecule has 0 atom stereocenters. The second kappa shape index (κ2) is 12.6. The van der Waals surface area contributed by atoms with Crippen LogP contribution in [0.15, 0.2) is 57.4 Å². The Bertz CT molecular complexity index is 1310. The van der Waals surface area contributed by atoms with Crippen LogP contribution >= 0.6 is 0 Å². The van der Waals surface area contributed by atoms with Gasteiger partial charge >= 0.3 is 10.1 Å². The Kier molecular flexibility index (Phi) is 9.73. The molecule has 3 rings (SSSR count). The van der Waals surface area contributed by atoms with Gasteiger partial charge in [-0.2, -0.15) is 12.7 Å². The summed E-state index contributed by atoms with van der Waals surface area (Å²) in [5.41, 5.74) is 8.67. The number of oxime groups is 1. The number of hydrogen-bond acceptors (Lipinski definition) is 9. The first-order valence-electron chi connectivity index (χ1n) is 11.8. The zero-order valence-corrected chi connectivity index (χ0v) is 22.7. The highest BCUT2D eigenvalue weighted by Gasteiger charge is 2.34. The van der Waals surface area contributed by atoms with Crippen LogP contribution in [0, 0.1) is 6.92 Å². The molecule has 2 aromatic rings. The maximum atomic E-state index is 13.4. The van der Waals surface area contributed by atoms with Crippen molar-refractivity contribution in [2.24, 2.45) is 10.9 Å². The van der Waals surface area contributed by atoms with Crippen molar-refractivity contribution < 1.29 is 30.7 Å². The van der Waals surface area contributed by atoms with Gasteiger partial charge in [-0.05, 0) is 54.9 Å². The molecule has 204 valence electrons. The van der Waals surface area contributed by atoms with Crippen LogP contribution in [0.1, 0.15) is 25.8 Å². The summed E-state index contributed by atoms with van der Waals surface area (Å²) in [5, 5.41) is 3.68. The van der Waals surface area contributed by atoms with E-state index >= 15 is 0 Å². The van der Waals surface area contributed by atoms with Crippen LogP contribution in [0.3, 0.4) is 0 Å². The molecule has 0 amide bonds. The molecule has 1 aliphatic rings. The van der Waals surface area contributed by atoms with Gasteiger partial charge in [0, 0.05) is 32.2 Å². The zero-order valence-electron chi connectivity index (χ0n) is 21.1. The Morgan fingerprint density at radius 2 is 1.65 bits per heavy atom. The molecule has 12 nitrogen and oxygen atoms in total. The SMILES string of the molecule is CCCONC(N)=NOc1cc(C)cc(OS(=O)(=O)c2ccccc2S(=O)(=O)N2CCN(CC)CC2)c1. The Morgan fingerprint density at radius 1 is 1.00 bits per heavy atom. The average molecular weight is 556 g/mol. The van der Waals surface area contributed by atoms with Crippen molar-refractivity contribution in [1.82, 2.24) is 14.7 Å². The van der Waals surface area contributed by atoms with E-state index in [2.05, 4.69) is 15.5 Å². The molecule has 1 aliphatic heterocycles. The molecule has 37 heavy (non-hydrogen) atoms. The van der Waals surface area contributed by atoms with Crippen LogP contribution in [-0.2, 0) is 25.0 Å². The molecule has 2 aromatic carbocycles. The Hall–Kier alpha value is -2.91. The number of piperazine rings is 1. The number of aryl methyl sites for hydroxylation is 1. The van der Waals surface area contributed by atoms with Gasteiger partial charge in [0.1, 0.15) is 15.5 Å². The average Bonchev–Trinajstić information content (AvgIpc) is 2.87.